The van der Waals surface area contributed by atoms with E-state index < -0.39 is 0 Å². The van der Waals surface area contributed by atoms with Crippen LogP contribution in [0.5, 0.6) is 5.75 Å². The Hall–Kier alpha value is -3.15. The second kappa shape index (κ2) is 5.81. The number of tetrazole rings is 1. The summed E-state index contributed by atoms with van der Waals surface area (Å²) in [5, 5.41) is 15.3. The second-order valence-corrected chi connectivity index (χ2v) is 5.74. The monoisotopic (exact) mass is 319 g/mol. The quantitative estimate of drug-likeness (QED) is 0.804. The molecule has 1 atom stereocenters. The minimum atomic E-state index is -0.0709. The van der Waals surface area contributed by atoms with E-state index >= 15 is 0 Å². The van der Waals surface area contributed by atoms with Crippen LogP contribution in [0.1, 0.15) is 22.7 Å². The van der Waals surface area contributed by atoms with Gasteiger partial charge in [-0.15, -0.1) is 0 Å². The Morgan fingerprint density at radius 1 is 1.04 bits per heavy atom. The van der Waals surface area contributed by atoms with E-state index in [1.54, 1.807) is 11.8 Å². The Bertz CT molecular complexity index is 881. The molecular formula is C18H17N5O. The predicted molar refractivity (Wildman–Crippen MR) is 91.7 cm³/mol. The van der Waals surface area contributed by atoms with Crippen LogP contribution in [-0.2, 0) is 0 Å². The second-order valence-electron chi connectivity index (χ2n) is 5.74. The maximum absolute atomic E-state index is 5.24. The van der Waals surface area contributed by atoms with Crippen molar-refractivity contribution in [2.75, 3.05) is 12.4 Å². The zero-order chi connectivity index (χ0) is 16.5. The number of ether oxygens (including phenoxy) is 1. The highest BCUT2D eigenvalue weighted by Gasteiger charge is 2.24. The molecule has 0 radical (unpaired) electrons. The third-order valence-corrected chi connectivity index (χ3v) is 4.15. The molecule has 6 nitrogen and oxygen atoms in total. The molecule has 1 aliphatic heterocycles. The van der Waals surface area contributed by atoms with Crippen molar-refractivity contribution in [2.45, 2.75) is 13.0 Å². The van der Waals surface area contributed by atoms with E-state index in [2.05, 4.69) is 58.1 Å². The van der Waals surface area contributed by atoms with Gasteiger partial charge in [0.15, 0.2) is 0 Å². The molecule has 3 aromatic rings. The van der Waals surface area contributed by atoms with Crippen LogP contribution in [0, 0.1) is 6.92 Å². The van der Waals surface area contributed by atoms with Gasteiger partial charge in [0, 0.05) is 5.70 Å². The van der Waals surface area contributed by atoms with Crippen LogP contribution >= 0.6 is 0 Å². The summed E-state index contributed by atoms with van der Waals surface area (Å²) in [5.41, 5.74) is 4.42. The molecule has 2 heterocycles. The van der Waals surface area contributed by atoms with Gasteiger partial charge in [-0.3, -0.25) is 0 Å². The molecule has 0 saturated carbocycles. The van der Waals surface area contributed by atoms with Crippen molar-refractivity contribution in [3.8, 4) is 5.75 Å². The normalized spacial score (nSPS) is 16.1. The van der Waals surface area contributed by atoms with Crippen molar-refractivity contribution < 1.29 is 4.74 Å². The van der Waals surface area contributed by atoms with Gasteiger partial charge in [0.05, 0.1) is 7.11 Å². The first kappa shape index (κ1) is 14.4. The summed E-state index contributed by atoms with van der Waals surface area (Å²) in [6.45, 7) is 2.08. The van der Waals surface area contributed by atoms with Crippen LogP contribution in [0.4, 0.5) is 5.95 Å². The van der Waals surface area contributed by atoms with Gasteiger partial charge in [-0.1, -0.05) is 47.1 Å². The van der Waals surface area contributed by atoms with Gasteiger partial charge in [-0.25, -0.2) is 0 Å². The molecule has 0 fully saturated rings. The maximum Gasteiger partial charge on any atom is 0.248 e. The summed E-state index contributed by atoms with van der Waals surface area (Å²) in [5.74, 6) is 1.46. The first-order valence-corrected chi connectivity index (χ1v) is 7.72. The van der Waals surface area contributed by atoms with Gasteiger partial charge >= 0.3 is 0 Å². The van der Waals surface area contributed by atoms with Crippen LogP contribution in [0.15, 0.2) is 54.6 Å². The molecule has 4 rings (SSSR count). The predicted octanol–water partition coefficient (Wildman–Crippen LogP) is 3.05. The minimum Gasteiger partial charge on any atom is -0.497 e. The molecule has 1 aromatic heterocycles. The summed E-state index contributed by atoms with van der Waals surface area (Å²) in [4.78, 5) is 0. The number of nitrogens with one attached hydrogen (secondary N) is 1. The first-order valence-electron chi connectivity index (χ1n) is 7.72. The number of hydrogen-bond donors (Lipinski definition) is 1. The molecule has 0 unspecified atom stereocenters. The third kappa shape index (κ3) is 2.52. The van der Waals surface area contributed by atoms with Crippen LogP contribution in [0.25, 0.3) is 5.70 Å². The highest BCUT2D eigenvalue weighted by Crippen LogP contribution is 2.32. The maximum atomic E-state index is 5.24. The summed E-state index contributed by atoms with van der Waals surface area (Å²) < 4.78 is 7.02. The SMILES string of the molecule is COc1ccc([C@H]2C=C(c3ccc(C)cc3)Nc3nnnn32)cc1. The lowest BCUT2D eigenvalue weighted by Crippen LogP contribution is -2.20. The molecule has 0 amide bonds. The van der Waals surface area contributed by atoms with Gasteiger partial charge in [-0.2, -0.15) is 4.68 Å². The number of aryl methyl sites for hydroxylation is 1. The lowest BCUT2D eigenvalue weighted by Gasteiger charge is -2.23. The van der Waals surface area contributed by atoms with Crippen LogP contribution in [-0.4, -0.2) is 27.3 Å². The largest absolute Gasteiger partial charge is 0.497 e. The first-order chi connectivity index (χ1) is 11.7. The summed E-state index contributed by atoms with van der Waals surface area (Å²) in [7, 11) is 1.66. The number of benzene rings is 2. The van der Waals surface area contributed by atoms with E-state index in [1.807, 2.05) is 24.3 Å². The fraction of sp³-hybridized carbons (Fsp3) is 0.167. The summed E-state index contributed by atoms with van der Waals surface area (Å²) in [6, 6.07) is 16.3. The molecule has 6 heteroatoms. The van der Waals surface area contributed by atoms with E-state index in [0.29, 0.717) is 5.95 Å². The van der Waals surface area contributed by atoms with Gasteiger partial charge in [0.25, 0.3) is 0 Å². The summed E-state index contributed by atoms with van der Waals surface area (Å²) in [6.07, 6.45) is 2.13. The Kier molecular flexibility index (Phi) is 3.49. The smallest absolute Gasteiger partial charge is 0.248 e. The van der Waals surface area contributed by atoms with Crippen molar-refractivity contribution in [3.63, 3.8) is 0 Å². The average molecular weight is 319 g/mol. The molecular weight excluding hydrogens is 302 g/mol. The number of fused-ring (bicyclic) bond motifs is 1. The van der Waals surface area contributed by atoms with Gasteiger partial charge in [0.2, 0.25) is 5.95 Å². The van der Waals surface area contributed by atoms with Crippen LogP contribution in [0.3, 0.4) is 0 Å². The van der Waals surface area contributed by atoms with E-state index in [1.165, 1.54) is 5.56 Å². The molecule has 0 saturated heterocycles. The third-order valence-electron chi connectivity index (χ3n) is 4.15. The number of allylic oxidation sites excluding steroid dienone is 1. The standard InChI is InChI=1S/C18H17N5O/c1-12-3-5-13(6-4-12)16-11-17(23-18(19-16)20-21-22-23)14-7-9-15(24-2)10-8-14/h3-11,17H,1-2H3,(H,19,20,22)/t17-/m1/s1. The Labute approximate surface area is 139 Å². The number of methoxy groups -OCH3 is 1. The van der Waals surface area contributed by atoms with E-state index in [9.17, 15) is 0 Å². The summed E-state index contributed by atoms with van der Waals surface area (Å²) >= 11 is 0. The highest BCUT2D eigenvalue weighted by molar-refractivity contribution is 5.77. The lowest BCUT2D eigenvalue weighted by atomic mass is 10.0. The zero-order valence-corrected chi connectivity index (χ0v) is 13.5. The van der Waals surface area contributed by atoms with Gasteiger partial charge < -0.3 is 10.1 Å². The van der Waals surface area contributed by atoms with Crippen molar-refractivity contribution in [3.05, 3.63) is 71.3 Å². The fourth-order valence-electron chi connectivity index (χ4n) is 2.79. The Morgan fingerprint density at radius 2 is 1.79 bits per heavy atom. The fourth-order valence-corrected chi connectivity index (χ4v) is 2.79. The van der Waals surface area contributed by atoms with Crippen molar-refractivity contribution in [2.24, 2.45) is 0 Å². The average Bonchev–Trinajstić information content (AvgIpc) is 3.10. The Morgan fingerprint density at radius 3 is 2.50 bits per heavy atom. The number of aromatic nitrogens is 4. The number of hydrogen-bond acceptors (Lipinski definition) is 5. The minimum absolute atomic E-state index is 0.0709. The molecule has 0 bridgehead atoms. The number of nitrogens with zero attached hydrogens (tertiary/aromatic N) is 4. The highest BCUT2D eigenvalue weighted by atomic mass is 16.5. The van der Waals surface area contributed by atoms with Crippen molar-refractivity contribution in [1.82, 2.24) is 20.2 Å². The number of anilines is 1. The molecule has 120 valence electrons. The van der Waals surface area contributed by atoms with Crippen LogP contribution in [0.2, 0.25) is 0 Å². The number of rotatable bonds is 3. The van der Waals surface area contributed by atoms with E-state index in [-0.39, 0.29) is 6.04 Å². The van der Waals surface area contributed by atoms with Crippen LogP contribution < -0.4 is 10.1 Å². The van der Waals surface area contributed by atoms with E-state index in [4.69, 9.17) is 4.74 Å². The van der Waals surface area contributed by atoms with E-state index in [0.717, 1.165) is 22.6 Å². The van der Waals surface area contributed by atoms with Crippen molar-refractivity contribution in [1.29, 1.82) is 0 Å². The zero-order valence-electron chi connectivity index (χ0n) is 13.5. The Balaban J connectivity index is 1.77. The van der Waals surface area contributed by atoms with Gasteiger partial charge in [-0.05, 0) is 46.7 Å². The molecule has 0 aliphatic carbocycles. The molecule has 1 N–H and O–H groups in total. The van der Waals surface area contributed by atoms with Crippen molar-refractivity contribution >= 4 is 11.6 Å². The van der Waals surface area contributed by atoms with Gasteiger partial charge in [0.1, 0.15) is 11.8 Å². The lowest BCUT2D eigenvalue weighted by molar-refractivity contribution is 0.414. The molecule has 1 aliphatic rings. The molecule has 2 aromatic carbocycles. The molecule has 0 spiro atoms. The topological polar surface area (TPSA) is 64.9 Å². The molecule has 24 heavy (non-hydrogen) atoms.